The van der Waals surface area contributed by atoms with Gasteiger partial charge in [-0.3, -0.25) is 0 Å². The van der Waals surface area contributed by atoms with E-state index in [1.165, 1.54) is 0 Å². The van der Waals surface area contributed by atoms with Gasteiger partial charge in [0.2, 0.25) is 0 Å². The molecule has 1 aromatic heterocycles. The zero-order valence-corrected chi connectivity index (χ0v) is 13.4. The van der Waals surface area contributed by atoms with E-state index in [1.807, 2.05) is 55.5 Å². The summed E-state index contributed by atoms with van der Waals surface area (Å²) in [4.78, 5) is 14.6. The van der Waals surface area contributed by atoms with Crippen molar-refractivity contribution in [3.05, 3.63) is 88.0 Å². The van der Waals surface area contributed by atoms with E-state index in [0.717, 1.165) is 26.6 Å². The van der Waals surface area contributed by atoms with Crippen molar-refractivity contribution in [2.24, 2.45) is 0 Å². The molecule has 4 rings (SSSR count). The Labute approximate surface area is 138 Å². The Balaban J connectivity index is 2.00. The van der Waals surface area contributed by atoms with Crippen LogP contribution in [0.15, 0.2) is 79.9 Å². The Morgan fingerprint density at radius 2 is 1.78 bits per heavy atom. The van der Waals surface area contributed by atoms with Crippen molar-refractivity contribution in [3.63, 3.8) is 0 Å². The van der Waals surface area contributed by atoms with Gasteiger partial charge in [-0.1, -0.05) is 54.2 Å². The van der Waals surface area contributed by atoms with Crippen molar-refractivity contribution < 1.29 is 4.42 Å². The van der Waals surface area contributed by atoms with Gasteiger partial charge in [0.15, 0.2) is 0 Å². The molecule has 0 aliphatic carbocycles. The fourth-order valence-electron chi connectivity index (χ4n) is 2.86. The van der Waals surface area contributed by atoms with Gasteiger partial charge in [0.25, 0.3) is 0 Å². The number of para-hydroxylation sites is 1. The number of aryl methyl sites for hydroxylation is 1. The molecule has 1 atom stereocenters. The first kappa shape index (κ1) is 14.2. The number of rotatable bonds is 1. The van der Waals surface area contributed by atoms with Crippen molar-refractivity contribution >= 4 is 17.4 Å². The maximum Gasteiger partial charge on any atom is 0.342 e. The van der Waals surface area contributed by atoms with Crippen LogP contribution in [0.1, 0.15) is 22.7 Å². The minimum atomic E-state index is -0.285. The molecule has 2 aromatic carbocycles. The molecule has 0 radical (unpaired) electrons. The largest absolute Gasteiger partial charge is 0.431 e. The molecule has 0 spiro atoms. The lowest BCUT2D eigenvalue weighted by molar-refractivity contribution is 0.488. The summed E-state index contributed by atoms with van der Waals surface area (Å²) in [7, 11) is 0. The number of fused-ring (bicyclic) bond motifs is 2. The van der Waals surface area contributed by atoms with Crippen molar-refractivity contribution in [3.8, 4) is 0 Å². The van der Waals surface area contributed by atoms with Gasteiger partial charge in [-0.25, -0.2) is 4.79 Å². The first-order chi connectivity index (χ1) is 11.2. The van der Waals surface area contributed by atoms with Gasteiger partial charge in [0, 0.05) is 15.5 Å². The van der Waals surface area contributed by atoms with E-state index < -0.39 is 0 Å². The van der Waals surface area contributed by atoms with Gasteiger partial charge in [-0.15, -0.1) is 0 Å². The molecule has 0 amide bonds. The van der Waals surface area contributed by atoms with Crippen LogP contribution in [0.5, 0.6) is 0 Å². The van der Waals surface area contributed by atoms with Gasteiger partial charge in [0.1, 0.15) is 0 Å². The molecule has 1 N–H and O–H groups in total. The lowest BCUT2D eigenvalue weighted by atomic mass is 9.99. The van der Waals surface area contributed by atoms with E-state index in [9.17, 15) is 4.79 Å². The van der Waals surface area contributed by atoms with Gasteiger partial charge in [0.05, 0.1) is 17.9 Å². The molecule has 3 aromatic rings. The van der Waals surface area contributed by atoms with E-state index >= 15 is 0 Å². The molecule has 114 valence electrons. The topological polar surface area (TPSA) is 42.2 Å². The number of hydrogen-bond donors (Lipinski definition) is 1. The second-order valence-corrected chi connectivity index (χ2v) is 6.59. The monoisotopic (exact) mass is 321 g/mol. The lowest BCUT2D eigenvalue weighted by Crippen LogP contribution is -2.20. The average Bonchev–Trinajstić information content (AvgIpc) is 2.77. The van der Waals surface area contributed by atoms with E-state index in [4.69, 9.17) is 4.42 Å². The summed E-state index contributed by atoms with van der Waals surface area (Å²) >= 11 is 1.62. The smallest absolute Gasteiger partial charge is 0.342 e. The third-order valence-electron chi connectivity index (χ3n) is 3.99. The van der Waals surface area contributed by atoms with Crippen LogP contribution in [0.3, 0.4) is 0 Å². The van der Waals surface area contributed by atoms with Gasteiger partial charge >= 0.3 is 5.63 Å². The Morgan fingerprint density at radius 3 is 2.61 bits per heavy atom. The number of anilines is 1. The standard InChI is InChI=1S/C19H15NO2S/c1-12-11-22-19(21)16-17(13-7-3-2-4-8-13)20-14-9-5-6-10-15(14)23-18(12)16/h2-11,17,20H,1H3/t17-/m1/s1. The molecule has 1 aliphatic heterocycles. The molecule has 0 saturated carbocycles. The van der Waals surface area contributed by atoms with E-state index in [2.05, 4.69) is 11.4 Å². The summed E-state index contributed by atoms with van der Waals surface area (Å²) in [6.07, 6.45) is 1.55. The van der Waals surface area contributed by atoms with E-state index in [0.29, 0.717) is 5.56 Å². The Morgan fingerprint density at radius 1 is 1.04 bits per heavy atom. The fourth-order valence-corrected chi connectivity index (χ4v) is 3.98. The Hall–Kier alpha value is -2.46. The predicted molar refractivity (Wildman–Crippen MR) is 92.2 cm³/mol. The van der Waals surface area contributed by atoms with Crippen LogP contribution in [-0.4, -0.2) is 0 Å². The van der Waals surface area contributed by atoms with Crippen LogP contribution in [0.4, 0.5) is 5.69 Å². The van der Waals surface area contributed by atoms with Crippen LogP contribution < -0.4 is 10.9 Å². The van der Waals surface area contributed by atoms with E-state index in [1.54, 1.807) is 18.0 Å². The average molecular weight is 321 g/mol. The maximum absolute atomic E-state index is 12.5. The molecule has 0 unspecified atom stereocenters. The third kappa shape index (κ3) is 2.45. The second-order valence-electron chi connectivity index (χ2n) is 5.54. The quantitative estimate of drug-likeness (QED) is 0.710. The molecule has 0 saturated heterocycles. The fraction of sp³-hybridized carbons (Fsp3) is 0.105. The first-order valence-electron chi connectivity index (χ1n) is 7.44. The van der Waals surface area contributed by atoms with Crippen molar-refractivity contribution in [1.82, 2.24) is 0 Å². The van der Waals surface area contributed by atoms with Crippen molar-refractivity contribution in [1.29, 1.82) is 0 Å². The molecule has 0 fully saturated rings. The summed E-state index contributed by atoms with van der Waals surface area (Å²) in [6.45, 7) is 1.98. The normalized spacial score (nSPS) is 16.0. The maximum atomic E-state index is 12.5. The van der Waals surface area contributed by atoms with Crippen LogP contribution in [0, 0.1) is 6.92 Å². The third-order valence-corrected chi connectivity index (χ3v) is 5.31. The minimum Gasteiger partial charge on any atom is -0.431 e. The summed E-state index contributed by atoms with van der Waals surface area (Å²) in [6, 6.07) is 17.9. The van der Waals surface area contributed by atoms with Gasteiger partial charge < -0.3 is 9.73 Å². The molecule has 23 heavy (non-hydrogen) atoms. The molecule has 4 heteroatoms. The number of benzene rings is 2. The summed E-state index contributed by atoms with van der Waals surface area (Å²) in [5.41, 5.74) is 3.44. The lowest BCUT2D eigenvalue weighted by Gasteiger charge is -2.19. The molecule has 1 aliphatic rings. The molecule has 2 heterocycles. The minimum absolute atomic E-state index is 0.224. The van der Waals surface area contributed by atoms with E-state index in [-0.39, 0.29) is 11.7 Å². The summed E-state index contributed by atoms with van der Waals surface area (Å²) < 4.78 is 5.25. The second kappa shape index (κ2) is 5.63. The molecule has 0 bridgehead atoms. The molecule has 3 nitrogen and oxygen atoms in total. The van der Waals surface area contributed by atoms with Crippen LogP contribution in [0.2, 0.25) is 0 Å². The molecular weight excluding hydrogens is 306 g/mol. The Kier molecular flexibility index (Phi) is 3.46. The van der Waals surface area contributed by atoms with Crippen molar-refractivity contribution in [2.75, 3.05) is 5.32 Å². The van der Waals surface area contributed by atoms with Crippen molar-refractivity contribution in [2.45, 2.75) is 22.8 Å². The zero-order valence-electron chi connectivity index (χ0n) is 12.6. The Bertz CT molecular complexity index is 918. The highest BCUT2D eigenvalue weighted by atomic mass is 32.2. The van der Waals surface area contributed by atoms with Crippen LogP contribution in [0.25, 0.3) is 0 Å². The van der Waals surface area contributed by atoms with Crippen LogP contribution in [-0.2, 0) is 0 Å². The summed E-state index contributed by atoms with van der Waals surface area (Å²) in [5.74, 6) is 0. The van der Waals surface area contributed by atoms with Gasteiger partial charge in [-0.2, -0.15) is 0 Å². The van der Waals surface area contributed by atoms with Gasteiger partial charge in [-0.05, 0) is 30.2 Å². The van der Waals surface area contributed by atoms with Crippen LogP contribution >= 0.6 is 11.8 Å². The number of nitrogens with one attached hydrogen (secondary N) is 1. The SMILES string of the molecule is Cc1coc(=O)c2c1Sc1ccccc1N[C@@H]2c1ccccc1. The summed E-state index contributed by atoms with van der Waals surface area (Å²) in [5, 5.41) is 3.52. The predicted octanol–water partition coefficient (Wildman–Crippen LogP) is 4.61. The zero-order chi connectivity index (χ0) is 15.8. The first-order valence-corrected chi connectivity index (χ1v) is 8.26. The molecular formula is C19H15NO2S. The highest BCUT2D eigenvalue weighted by Crippen LogP contribution is 2.44. The number of hydrogen-bond acceptors (Lipinski definition) is 4. The highest BCUT2D eigenvalue weighted by molar-refractivity contribution is 7.99. The highest BCUT2D eigenvalue weighted by Gasteiger charge is 2.28.